The lowest BCUT2D eigenvalue weighted by Gasteiger charge is -2.35. The third-order valence-corrected chi connectivity index (χ3v) is 5.69. The zero-order chi connectivity index (χ0) is 24.0. The van der Waals surface area contributed by atoms with Gasteiger partial charge < -0.3 is 24.8 Å². The number of likely N-dealkylation sites (tertiary alicyclic amines) is 1. The summed E-state index contributed by atoms with van der Waals surface area (Å²) in [6.45, 7) is 7.45. The molecule has 1 saturated heterocycles. The van der Waals surface area contributed by atoms with Gasteiger partial charge in [-0.25, -0.2) is 9.59 Å². The lowest BCUT2D eigenvalue weighted by molar-refractivity contribution is 0.0253. The Morgan fingerprint density at radius 2 is 1.73 bits per heavy atom. The van der Waals surface area contributed by atoms with Crippen LogP contribution in [0.4, 0.5) is 26.7 Å². The molecule has 0 aromatic heterocycles. The maximum absolute atomic E-state index is 13.1. The van der Waals surface area contributed by atoms with Crippen LogP contribution in [0.2, 0.25) is 0 Å². The molecule has 178 valence electrons. The Morgan fingerprint density at radius 3 is 2.42 bits per heavy atom. The summed E-state index contributed by atoms with van der Waals surface area (Å²) in [5.74, 6) is 0.212. The minimum absolute atomic E-state index is 0.117. The topological polar surface area (TPSA) is 65.1 Å². The van der Waals surface area contributed by atoms with E-state index in [4.69, 9.17) is 4.74 Å². The van der Waals surface area contributed by atoms with E-state index in [1.165, 1.54) is 0 Å². The number of hydrogen-bond acceptors (Lipinski definition) is 4. The zero-order valence-corrected chi connectivity index (χ0v) is 20.4. The number of nitrogens with one attached hydrogen (secondary N) is 1. The molecule has 3 amide bonds. The predicted octanol–water partition coefficient (Wildman–Crippen LogP) is 5.57. The molecule has 2 aromatic rings. The van der Waals surface area contributed by atoms with E-state index in [0.717, 1.165) is 29.9 Å². The van der Waals surface area contributed by atoms with Crippen molar-refractivity contribution in [3.8, 4) is 0 Å². The van der Waals surface area contributed by atoms with Gasteiger partial charge in [-0.1, -0.05) is 30.3 Å². The summed E-state index contributed by atoms with van der Waals surface area (Å²) in [6, 6.07) is 17.7. The fourth-order valence-corrected chi connectivity index (χ4v) is 4.06. The van der Waals surface area contributed by atoms with Crippen molar-refractivity contribution in [3.05, 3.63) is 54.6 Å². The summed E-state index contributed by atoms with van der Waals surface area (Å²) in [4.78, 5) is 31.0. The van der Waals surface area contributed by atoms with Crippen LogP contribution in [0, 0.1) is 5.92 Å². The van der Waals surface area contributed by atoms with Crippen LogP contribution in [0.3, 0.4) is 0 Å². The number of carbonyl (C=O) groups excluding carboxylic acids is 2. The van der Waals surface area contributed by atoms with Crippen LogP contribution in [0.15, 0.2) is 54.6 Å². The number of ether oxygens (including phenoxy) is 1. The molecule has 2 aromatic carbocycles. The first-order valence-corrected chi connectivity index (χ1v) is 11.5. The number of hydrogen-bond donors (Lipinski definition) is 1. The summed E-state index contributed by atoms with van der Waals surface area (Å²) >= 11 is 0. The first kappa shape index (κ1) is 24.4. The third kappa shape index (κ3) is 6.88. The number of amides is 3. The number of benzene rings is 2. The molecule has 0 saturated carbocycles. The molecular weight excluding hydrogens is 416 g/mol. The molecule has 3 rings (SSSR count). The molecule has 33 heavy (non-hydrogen) atoms. The van der Waals surface area contributed by atoms with Crippen LogP contribution < -0.4 is 10.2 Å². The Labute approximate surface area is 197 Å². The summed E-state index contributed by atoms with van der Waals surface area (Å²) in [7, 11) is 3.74. The second kappa shape index (κ2) is 10.6. The van der Waals surface area contributed by atoms with Crippen molar-refractivity contribution in [1.29, 1.82) is 0 Å². The van der Waals surface area contributed by atoms with E-state index in [1.807, 2.05) is 87.3 Å². The van der Waals surface area contributed by atoms with Crippen LogP contribution in [-0.2, 0) is 4.74 Å². The van der Waals surface area contributed by atoms with E-state index in [1.54, 1.807) is 11.9 Å². The molecule has 0 radical (unpaired) electrons. The van der Waals surface area contributed by atoms with Gasteiger partial charge in [0.25, 0.3) is 0 Å². The highest BCUT2D eigenvalue weighted by Gasteiger charge is 2.28. The second-order valence-electron chi connectivity index (χ2n) is 9.66. The molecule has 0 spiro atoms. The molecule has 1 N–H and O–H groups in total. The van der Waals surface area contributed by atoms with Crippen molar-refractivity contribution in [2.75, 3.05) is 43.9 Å². The van der Waals surface area contributed by atoms with Crippen molar-refractivity contribution in [3.63, 3.8) is 0 Å². The molecule has 1 fully saturated rings. The monoisotopic (exact) mass is 452 g/mol. The van der Waals surface area contributed by atoms with Gasteiger partial charge in [-0.05, 0) is 63.8 Å². The molecule has 0 aliphatic carbocycles. The van der Waals surface area contributed by atoms with Gasteiger partial charge in [0.2, 0.25) is 0 Å². The largest absolute Gasteiger partial charge is 0.444 e. The van der Waals surface area contributed by atoms with E-state index < -0.39 is 5.60 Å². The number of urea groups is 1. The summed E-state index contributed by atoms with van der Waals surface area (Å²) in [5.41, 5.74) is 2.21. The second-order valence-corrected chi connectivity index (χ2v) is 9.66. The number of piperidine rings is 1. The highest BCUT2D eigenvalue weighted by Crippen LogP contribution is 2.31. The number of para-hydroxylation sites is 3. The highest BCUT2D eigenvalue weighted by molar-refractivity contribution is 5.94. The van der Waals surface area contributed by atoms with E-state index >= 15 is 0 Å². The van der Waals surface area contributed by atoms with Crippen molar-refractivity contribution >= 4 is 29.2 Å². The van der Waals surface area contributed by atoms with Crippen molar-refractivity contribution in [2.45, 2.75) is 39.2 Å². The summed E-state index contributed by atoms with van der Waals surface area (Å²) in [6.07, 6.45) is 1.55. The summed E-state index contributed by atoms with van der Waals surface area (Å²) in [5, 5.41) is 3.10. The molecule has 7 heteroatoms. The van der Waals surface area contributed by atoms with Crippen LogP contribution >= 0.6 is 0 Å². The standard InChI is InChI=1S/C26H36N4O3/c1-26(2,3)33-25(32)28(4)18-20-12-11-17-30(19-20)24(31)27-22-15-9-10-16-23(22)29(5)21-13-7-6-8-14-21/h6-10,13-16,20H,11-12,17-19H2,1-5H3,(H,27,31). The average Bonchev–Trinajstić information content (AvgIpc) is 2.78. The number of rotatable bonds is 5. The number of carbonyl (C=O) groups is 2. The van der Waals surface area contributed by atoms with Crippen LogP contribution in [0.1, 0.15) is 33.6 Å². The van der Waals surface area contributed by atoms with Crippen LogP contribution in [-0.4, -0.2) is 61.3 Å². The van der Waals surface area contributed by atoms with E-state index in [-0.39, 0.29) is 18.0 Å². The minimum Gasteiger partial charge on any atom is -0.444 e. The quantitative estimate of drug-likeness (QED) is 0.645. The fraction of sp³-hybridized carbons (Fsp3) is 0.462. The molecule has 1 heterocycles. The molecule has 1 aliphatic heterocycles. The molecular formula is C26H36N4O3. The van der Waals surface area contributed by atoms with Gasteiger partial charge in [0, 0.05) is 39.4 Å². The van der Waals surface area contributed by atoms with Gasteiger partial charge in [-0.3, -0.25) is 0 Å². The van der Waals surface area contributed by atoms with Crippen molar-refractivity contribution in [2.24, 2.45) is 5.92 Å². The average molecular weight is 453 g/mol. The molecule has 7 nitrogen and oxygen atoms in total. The van der Waals surface area contributed by atoms with Crippen molar-refractivity contribution < 1.29 is 14.3 Å². The normalized spacial score (nSPS) is 16.2. The Balaban J connectivity index is 1.62. The Bertz CT molecular complexity index is 942. The van der Waals surface area contributed by atoms with Gasteiger partial charge in [0.1, 0.15) is 5.60 Å². The number of anilines is 3. The first-order chi connectivity index (χ1) is 15.6. The molecule has 1 aliphatic rings. The molecule has 0 bridgehead atoms. The maximum atomic E-state index is 13.1. The third-order valence-electron chi connectivity index (χ3n) is 5.69. The number of nitrogens with zero attached hydrogens (tertiary/aromatic N) is 3. The lowest BCUT2D eigenvalue weighted by Crippen LogP contribution is -2.46. The summed E-state index contributed by atoms with van der Waals surface area (Å²) < 4.78 is 5.46. The molecule has 1 unspecified atom stereocenters. The Hall–Kier alpha value is -3.22. The van der Waals surface area contributed by atoms with E-state index in [9.17, 15) is 9.59 Å². The van der Waals surface area contributed by atoms with Gasteiger partial charge in [0.15, 0.2) is 0 Å². The van der Waals surface area contributed by atoms with Gasteiger partial charge in [-0.15, -0.1) is 0 Å². The van der Waals surface area contributed by atoms with Crippen LogP contribution in [0.25, 0.3) is 0 Å². The van der Waals surface area contributed by atoms with Gasteiger partial charge in [-0.2, -0.15) is 0 Å². The minimum atomic E-state index is -0.524. The first-order valence-electron chi connectivity index (χ1n) is 11.5. The van der Waals surface area contributed by atoms with Crippen LogP contribution in [0.5, 0.6) is 0 Å². The fourth-order valence-electron chi connectivity index (χ4n) is 4.06. The Morgan fingerprint density at radius 1 is 1.06 bits per heavy atom. The maximum Gasteiger partial charge on any atom is 0.410 e. The Kier molecular flexibility index (Phi) is 7.84. The van der Waals surface area contributed by atoms with Gasteiger partial charge in [0.05, 0.1) is 11.4 Å². The SMILES string of the molecule is CN(CC1CCCN(C(=O)Nc2ccccc2N(C)c2ccccc2)C1)C(=O)OC(C)(C)C. The lowest BCUT2D eigenvalue weighted by atomic mass is 9.98. The molecule has 1 atom stereocenters. The van der Waals surface area contributed by atoms with Crippen molar-refractivity contribution in [1.82, 2.24) is 9.80 Å². The highest BCUT2D eigenvalue weighted by atomic mass is 16.6. The predicted molar refractivity (Wildman–Crippen MR) is 133 cm³/mol. The van der Waals surface area contributed by atoms with Gasteiger partial charge >= 0.3 is 12.1 Å². The van der Waals surface area contributed by atoms with E-state index in [2.05, 4.69) is 10.2 Å². The smallest absolute Gasteiger partial charge is 0.410 e. The van der Waals surface area contributed by atoms with E-state index in [0.29, 0.717) is 19.6 Å². The zero-order valence-electron chi connectivity index (χ0n) is 20.4.